The Bertz CT molecular complexity index is 608. The molecule has 0 N–H and O–H groups in total. The zero-order valence-electron chi connectivity index (χ0n) is 15.3. The molecule has 2 aliphatic rings. The lowest BCUT2D eigenvalue weighted by Gasteiger charge is -2.45. The minimum absolute atomic E-state index is 0.136. The third kappa shape index (κ3) is 4.22. The van der Waals surface area contributed by atoms with E-state index in [4.69, 9.17) is 0 Å². The molecular weight excluding hydrogens is 341 g/mol. The van der Waals surface area contributed by atoms with Crippen LogP contribution in [0.2, 0.25) is 0 Å². The molecule has 144 valence electrons. The number of piperidine rings is 1. The molecule has 0 spiro atoms. The number of likely N-dealkylation sites (N-methyl/N-ethyl adjacent to an activating group) is 1. The van der Waals surface area contributed by atoms with Crippen LogP contribution in [0.25, 0.3) is 0 Å². The van der Waals surface area contributed by atoms with Crippen molar-refractivity contribution in [2.75, 3.05) is 20.1 Å². The Hall–Kier alpha value is -1.56. The number of alkyl halides is 3. The number of halogens is 3. The monoisotopic (exact) mass is 368 g/mol. The van der Waals surface area contributed by atoms with Crippen LogP contribution >= 0.6 is 0 Å². The van der Waals surface area contributed by atoms with E-state index in [0.29, 0.717) is 11.6 Å². The Kier molecular flexibility index (Phi) is 5.90. The molecule has 3 rings (SSSR count). The van der Waals surface area contributed by atoms with Gasteiger partial charge in [0.2, 0.25) is 0 Å². The van der Waals surface area contributed by atoms with Crippen LogP contribution in [0.1, 0.15) is 60.9 Å². The van der Waals surface area contributed by atoms with Gasteiger partial charge in [-0.15, -0.1) is 0 Å². The van der Waals surface area contributed by atoms with Crippen LogP contribution in [0, 0.1) is 0 Å². The Labute approximate surface area is 153 Å². The SMILES string of the molecule is CN(C(=O)c1ccc(C(F)(F)F)cc1)[C@@H]1CCCC[C@H]1N1CCCCC1. The van der Waals surface area contributed by atoms with E-state index in [0.717, 1.165) is 44.5 Å². The predicted octanol–water partition coefficient (Wildman–Crippen LogP) is 4.57. The summed E-state index contributed by atoms with van der Waals surface area (Å²) in [6.45, 7) is 2.17. The van der Waals surface area contributed by atoms with Crippen LogP contribution in [-0.4, -0.2) is 47.9 Å². The van der Waals surface area contributed by atoms with Crippen molar-refractivity contribution in [3.8, 4) is 0 Å². The van der Waals surface area contributed by atoms with E-state index in [-0.39, 0.29) is 11.9 Å². The zero-order valence-corrected chi connectivity index (χ0v) is 15.3. The molecule has 1 saturated heterocycles. The number of carbonyl (C=O) groups excluding carboxylic acids is 1. The predicted molar refractivity (Wildman–Crippen MR) is 95.0 cm³/mol. The highest BCUT2D eigenvalue weighted by molar-refractivity contribution is 5.94. The number of rotatable bonds is 3. The van der Waals surface area contributed by atoms with Crippen molar-refractivity contribution < 1.29 is 18.0 Å². The van der Waals surface area contributed by atoms with E-state index in [2.05, 4.69) is 4.90 Å². The molecule has 1 aliphatic heterocycles. The fourth-order valence-electron chi connectivity index (χ4n) is 4.38. The summed E-state index contributed by atoms with van der Waals surface area (Å²) in [5.41, 5.74) is -0.399. The van der Waals surface area contributed by atoms with Gasteiger partial charge in [0.15, 0.2) is 0 Å². The van der Waals surface area contributed by atoms with Gasteiger partial charge in [-0.3, -0.25) is 9.69 Å². The molecule has 0 radical (unpaired) electrons. The lowest BCUT2D eigenvalue weighted by atomic mass is 9.87. The van der Waals surface area contributed by atoms with Crippen molar-refractivity contribution in [1.82, 2.24) is 9.80 Å². The minimum Gasteiger partial charge on any atom is -0.337 e. The molecule has 1 aromatic rings. The number of nitrogens with zero attached hydrogens (tertiary/aromatic N) is 2. The molecule has 0 bridgehead atoms. The quantitative estimate of drug-likeness (QED) is 0.780. The molecule has 0 aromatic heterocycles. The zero-order chi connectivity index (χ0) is 18.7. The van der Waals surface area contributed by atoms with Crippen molar-refractivity contribution in [2.45, 2.75) is 63.2 Å². The summed E-state index contributed by atoms with van der Waals surface area (Å²) in [7, 11) is 1.80. The average molecular weight is 368 g/mol. The van der Waals surface area contributed by atoms with E-state index in [9.17, 15) is 18.0 Å². The number of hydrogen-bond donors (Lipinski definition) is 0. The van der Waals surface area contributed by atoms with Crippen molar-refractivity contribution in [3.63, 3.8) is 0 Å². The van der Waals surface area contributed by atoms with Crippen molar-refractivity contribution in [2.24, 2.45) is 0 Å². The van der Waals surface area contributed by atoms with Crippen LogP contribution < -0.4 is 0 Å². The molecule has 2 atom stereocenters. The van der Waals surface area contributed by atoms with E-state index in [1.165, 1.54) is 37.8 Å². The number of amides is 1. The van der Waals surface area contributed by atoms with E-state index in [1.807, 2.05) is 0 Å². The van der Waals surface area contributed by atoms with E-state index in [1.54, 1.807) is 11.9 Å². The summed E-state index contributed by atoms with van der Waals surface area (Å²) in [6, 6.07) is 5.07. The summed E-state index contributed by atoms with van der Waals surface area (Å²) >= 11 is 0. The smallest absolute Gasteiger partial charge is 0.337 e. The molecule has 26 heavy (non-hydrogen) atoms. The fourth-order valence-corrected chi connectivity index (χ4v) is 4.38. The first-order chi connectivity index (χ1) is 12.4. The van der Waals surface area contributed by atoms with Crippen LogP contribution in [0.4, 0.5) is 13.2 Å². The first-order valence-corrected chi connectivity index (χ1v) is 9.56. The third-order valence-electron chi connectivity index (χ3n) is 5.83. The minimum atomic E-state index is -4.38. The number of carbonyl (C=O) groups is 1. The lowest BCUT2D eigenvalue weighted by molar-refractivity contribution is -0.137. The maximum Gasteiger partial charge on any atom is 0.416 e. The second-order valence-corrected chi connectivity index (χ2v) is 7.51. The molecular formula is C20H27F3N2O. The third-order valence-corrected chi connectivity index (χ3v) is 5.83. The van der Waals surface area contributed by atoms with Crippen LogP contribution in [0.3, 0.4) is 0 Å². The van der Waals surface area contributed by atoms with Gasteiger partial charge in [-0.1, -0.05) is 19.3 Å². The normalized spacial score (nSPS) is 25.1. The summed E-state index contributed by atoms with van der Waals surface area (Å²) in [4.78, 5) is 17.1. The number of likely N-dealkylation sites (tertiary alicyclic amines) is 1. The van der Waals surface area contributed by atoms with Gasteiger partial charge < -0.3 is 4.90 Å². The molecule has 1 amide bonds. The summed E-state index contributed by atoms with van der Waals surface area (Å²) in [5, 5.41) is 0. The maximum absolute atomic E-state index is 12.9. The second kappa shape index (κ2) is 7.99. The average Bonchev–Trinajstić information content (AvgIpc) is 2.67. The Morgan fingerprint density at radius 2 is 1.62 bits per heavy atom. The topological polar surface area (TPSA) is 23.6 Å². The van der Waals surface area contributed by atoms with Gasteiger partial charge in [-0.05, 0) is 63.0 Å². The van der Waals surface area contributed by atoms with Crippen molar-refractivity contribution in [3.05, 3.63) is 35.4 Å². The lowest BCUT2D eigenvalue weighted by Crippen LogP contribution is -2.55. The first kappa shape index (κ1) is 19.2. The van der Waals surface area contributed by atoms with Crippen LogP contribution in [0.5, 0.6) is 0 Å². The highest BCUT2D eigenvalue weighted by atomic mass is 19.4. The van der Waals surface area contributed by atoms with Crippen molar-refractivity contribution in [1.29, 1.82) is 0 Å². The van der Waals surface area contributed by atoms with Crippen molar-refractivity contribution >= 4 is 5.91 Å². The molecule has 2 fully saturated rings. The molecule has 1 aliphatic carbocycles. The molecule has 3 nitrogen and oxygen atoms in total. The summed E-state index contributed by atoms with van der Waals surface area (Å²) in [5.74, 6) is -0.187. The van der Waals surface area contributed by atoms with Crippen LogP contribution in [0.15, 0.2) is 24.3 Å². The van der Waals surface area contributed by atoms with E-state index < -0.39 is 11.7 Å². The second-order valence-electron chi connectivity index (χ2n) is 7.51. The maximum atomic E-state index is 12.9. The van der Waals surface area contributed by atoms with Gasteiger partial charge in [-0.25, -0.2) is 0 Å². The number of hydrogen-bond acceptors (Lipinski definition) is 2. The number of benzene rings is 1. The van der Waals surface area contributed by atoms with Crippen LogP contribution in [-0.2, 0) is 6.18 Å². The van der Waals surface area contributed by atoms with Gasteiger partial charge in [0.05, 0.1) is 5.56 Å². The first-order valence-electron chi connectivity index (χ1n) is 9.56. The summed E-state index contributed by atoms with van der Waals surface area (Å²) < 4.78 is 38.2. The Morgan fingerprint density at radius 3 is 2.23 bits per heavy atom. The van der Waals surface area contributed by atoms with Gasteiger partial charge in [0.1, 0.15) is 0 Å². The largest absolute Gasteiger partial charge is 0.416 e. The molecule has 1 heterocycles. The standard InChI is InChI=1S/C20H27F3N2O/c1-24(19(26)15-9-11-16(12-10-15)20(21,22)23)17-7-3-4-8-18(17)25-13-5-2-6-14-25/h9-12,17-18H,2-8,13-14H2,1H3/t17-,18-/m1/s1. The van der Waals surface area contributed by atoms with Gasteiger partial charge in [0.25, 0.3) is 5.91 Å². The highest BCUT2D eigenvalue weighted by Crippen LogP contribution is 2.31. The van der Waals surface area contributed by atoms with Gasteiger partial charge in [-0.2, -0.15) is 13.2 Å². The highest BCUT2D eigenvalue weighted by Gasteiger charge is 2.35. The molecule has 6 heteroatoms. The summed E-state index contributed by atoms with van der Waals surface area (Å²) in [6.07, 6.45) is 3.64. The molecule has 1 saturated carbocycles. The van der Waals surface area contributed by atoms with E-state index >= 15 is 0 Å². The Morgan fingerprint density at radius 1 is 1.00 bits per heavy atom. The van der Waals surface area contributed by atoms with Gasteiger partial charge >= 0.3 is 6.18 Å². The Balaban J connectivity index is 1.73. The molecule has 0 unspecified atom stereocenters. The molecule has 1 aromatic carbocycles. The van der Waals surface area contributed by atoms with Gasteiger partial charge in [0, 0.05) is 24.7 Å². The fraction of sp³-hybridized carbons (Fsp3) is 0.650.